The van der Waals surface area contributed by atoms with Gasteiger partial charge in [0.15, 0.2) is 0 Å². The number of ether oxygens (including phenoxy) is 1. The number of nitrogens with one attached hydrogen (secondary N) is 1. The Morgan fingerprint density at radius 1 is 1.50 bits per heavy atom. The lowest BCUT2D eigenvalue weighted by atomic mass is 9.99. The highest BCUT2D eigenvalue weighted by atomic mass is 16.5. The first-order chi connectivity index (χ1) is 9.70. The average Bonchev–Trinajstić information content (AvgIpc) is 2.49. The quantitative estimate of drug-likeness (QED) is 0.834. The summed E-state index contributed by atoms with van der Waals surface area (Å²) < 4.78 is 4.76. The van der Waals surface area contributed by atoms with E-state index in [0.717, 1.165) is 32.1 Å². The van der Waals surface area contributed by atoms with E-state index in [-0.39, 0.29) is 5.97 Å². The highest BCUT2D eigenvalue weighted by Gasteiger charge is 2.16. The summed E-state index contributed by atoms with van der Waals surface area (Å²) in [6.45, 7) is 6.40. The van der Waals surface area contributed by atoms with Crippen LogP contribution >= 0.6 is 0 Å². The lowest BCUT2D eigenvalue weighted by molar-refractivity contribution is 0.0601. The van der Waals surface area contributed by atoms with Crippen LogP contribution in [0, 0.1) is 5.92 Å². The van der Waals surface area contributed by atoms with E-state index in [9.17, 15) is 4.79 Å². The molecule has 0 bridgehead atoms. The predicted molar refractivity (Wildman–Crippen MR) is 78.9 cm³/mol. The third-order valence-corrected chi connectivity index (χ3v) is 3.81. The molecule has 0 spiro atoms. The van der Waals surface area contributed by atoms with E-state index in [1.807, 2.05) is 0 Å². The van der Waals surface area contributed by atoms with Crippen LogP contribution in [0.5, 0.6) is 0 Å². The van der Waals surface area contributed by atoms with Gasteiger partial charge in [0, 0.05) is 19.3 Å². The molecule has 0 amide bonds. The summed E-state index contributed by atoms with van der Waals surface area (Å²) in [5.41, 5.74) is 0.488. The number of hydrogen-bond donors (Lipinski definition) is 1. The van der Waals surface area contributed by atoms with E-state index in [1.165, 1.54) is 20.0 Å². The van der Waals surface area contributed by atoms with E-state index in [1.54, 1.807) is 18.3 Å². The van der Waals surface area contributed by atoms with Crippen molar-refractivity contribution in [1.82, 2.24) is 9.88 Å². The molecule has 1 aliphatic rings. The van der Waals surface area contributed by atoms with Crippen LogP contribution in [0.4, 0.5) is 5.82 Å². The van der Waals surface area contributed by atoms with Gasteiger partial charge < -0.3 is 15.0 Å². The van der Waals surface area contributed by atoms with Gasteiger partial charge in [-0.3, -0.25) is 0 Å². The molecule has 0 aromatic carbocycles. The molecule has 0 radical (unpaired) electrons. The Balaban J connectivity index is 1.83. The summed E-state index contributed by atoms with van der Waals surface area (Å²) in [5.74, 6) is 1.10. The standard InChI is InChI=1S/C15H23N3O2/c1-12-5-9-18(10-6-12)11-8-17-14-13(15(19)20-2)4-3-7-16-14/h3-4,7,12H,5-6,8-11H2,1-2H3,(H,16,17). The first-order valence-corrected chi connectivity index (χ1v) is 7.20. The Bertz CT molecular complexity index is 442. The zero-order chi connectivity index (χ0) is 14.4. The lowest BCUT2D eigenvalue weighted by Crippen LogP contribution is -2.36. The number of likely N-dealkylation sites (tertiary alicyclic amines) is 1. The van der Waals surface area contributed by atoms with Crippen molar-refractivity contribution in [3.8, 4) is 0 Å². The zero-order valence-electron chi connectivity index (χ0n) is 12.3. The van der Waals surface area contributed by atoms with Gasteiger partial charge in [-0.15, -0.1) is 0 Å². The largest absolute Gasteiger partial charge is 0.465 e. The van der Waals surface area contributed by atoms with E-state index in [4.69, 9.17) is 4.74 Å². The van der Waals surface area contributed by atoms with Crippen molar-refractivity contribution in [1.29, 1.82) is 0 Å². The van der Waals surface area contributed by atoms with Gasteiger partial charge in [0.1, 0.15) is 11.4 Å². The van der Waals surface area contributed by atoms with Crippen LogP contribution in [0.15, 0.2) is 18.3 Å². The van der Waals surface area contributed by atoms with Crippen molar-refractivity contribution < 1.29 is 9.53 Å². The van der Waals surface area contributed by atoms with Gasteiger partial charge in [-0.1, -0.05) is 6.92 Å². The van der Waals surface area contributed by atoms with Crippen LogP contribution in [0.3, 0.4) is 0 Å². The van der Waals surface area contributed by atoms with Gasteiger partial charge in [0.25, 0.3) is 0 Å². The molecule has 0 aliphatic carbocycles. The number of anilines is 1. The predicted octanol–water partition coefficient (Wildman–Crippen LogP) is 2.01. The Morgan fingerprint density at radius 3 is 2.95 bits per heavy atom. The molecule has 1 aliphatic heterocycles. The van der Waals surface area contributed by atoms with Crippen molar-refractivity contribution in [3.63, 3.8) is 0 Å². The number of nitrogens with zero attached hydrogens (tertiary/aromatic N) is 2. The van der Waals surface area contributed by atoms with Gasteiger partial charge in [0.05, 0.1) is 7.11 Å². The minimum atomic E-state index is -0.354. The molecule has 0 atom stereocenters. The number of piperidine rings is 1. The number of esters is 1. The Hall–Kier alpha value is -1.62. The summed E-state index contributed by atoms with van der Waals surface area (Å²) in [5, 5.41) is 3.23. The summed E-state index contributed by atoms with van der Waals surface area (Å²) in [7, 11) is 1.38. The normalized spacial score (nSPS) is 16.9. The minimum absolute atomic E-state index is 0.354. The van der Waals surface area contributed by atoms with Crippen LogP contribution in [0.1, 0.15) is 30.1 Å². The molecular formula is C15H23N3O2. The van der Waals surface area contributed by atoms with Crippen LogP contribution in [-0.2, 0) is 4.74 Å². The Kier molecular flexibility index (Phi) is 5.35. The van der Waals surface area contributed by atoms with Crippen molar-refractivity contribution >= 4 is 11.8 Å². The smallest absolute Gasteiger partial charge is 0.341 e. The lowest BCUT2D eigenvalue weighted by Gasteiger charge is -2.30. The fourth-order valence-electron chi connectivity index (χ4n) is 2.44. The summed E-state index contributed by atoms with van der Waals surface area (Å²) >= 11 is 0. The molecule has 1 fully saturated rings. The van der Waals surface area contributed by atoms with Gasteiger partial charge >= 0.3 is 5.97 Å². The number of rotatable bonds is 5. The minimum Gasteiger partial charge on any atom is -0.465 e. The second-order valence-corrected chi connectivity index (χ2v) is 5.34. The maximum atomic E-state index is 11.6. The molecule has 1 saturated heterocycles. The zero-order valence-corrected chi connectivity index (χ0v) is 12.3. The van der Waals surface area contributed by atoms with Gasteiger partial charge in [-0.25, -0.2) is 9.78 Å². The molecule has 5 heteroatoms. The van der Waals surface area contributed by atoms with Gasteiger partial charge in [-0.05, 0) is 44.0 Å². The van der Waals surface area contributed by atoms with Crippen molar-refractivity contribution in [2.24, 2.45) is 5.92 Å². The molecule has 2 heterocycles. The van der Waals surface area contributed by atoms with E-state index in [2.05, 4.69) is 22.1 Å². The average molecular weight is 277 g/mol. The fourth-order valence-corrected chi connectivity index (χ4v) is 2.44. The van der Waals surface area contributed by atoms with Gasteiger partial charge in [-0.2, -0.15) is 0 Å². The fraction of sp³-hybridized carbons (Fsp3) is 0.600. The summed E-state index contributed by atoms with van der Waals surface area (Å²) in [6, 6.07) is 3.47. The van der Waals surface area contributed by atoms with Crippen LogP contribution < -0.4 is 5.32 Å². The molecule has 0 unspecified atom stereocenters. The molecule has 0 saturated carbocycles. The number of carbonyl (C=O) groups excluding carboxylic acids is 1. The Labute approximate surface area is 120 Å². The molecule has 1 aromatic rings. The molecule has 110 valence electrons. The molecule has 1 aromatic heterocycles. The Morgan fingerprint density at radius 2 is 2.25 bits per heavy atom. The maximum Gasteiger partial charge on any atom is 0.341 e. The first kappa shape index (κ1) is 14.8. The molecular weight excluding hydrogens is 254 g/mol. The summed E-state index contributed by atoms with van der Waals surface area (Å²) in [6.07, 6.45) is 4.23. The van der Waals surface area contributed by atoms with Crippen LogP contribution in [-0.4, -0.2) is 49.1 Å². The molecule has 1 N–H and O–H groups in total. The maximum absolute atomic E-state index is 11.6. The highest BCUT2D eigenvalue weighted by molar-refractivity contribution is 5.94. The SMILES string of the molecule is COC(=O)c1cccnc1NCCN1CCC(C)CC1. The highest BCUT2D eigenvalue weighted by Crippen LogP contribution is 2.16. The number of methoxy groups -OCH3 is 1. The second kappa shape index (κ2) is 7.24. The number of aromatic nitrogens is 1. The van der Waals surface area contributed by atoms with Gasteiger partial charge in [0.2, 0.25) is 0 Å². The second-order valence-electron chi connectivity index (χ2n) is 5.34. The monoisotopic (exact) mass is 277 g/mol. The molecule has 20 heavy (non-hydrogen) atoms. The molecule has 5 nitrogen and oxygen atoms in total. The number of pyridine rings is 1. The van der Waals surface area contributed by atoms with Crippen molar-refractivity contribution in [2.75, 3.05) is 38.6 Å². The van der Waals surface area contributed by atoms with Crippen LogP contribution in [0.25, 0.3) is 0 Å². The van der Waals surface area contributed by atoms with Crippen molar-refractivity contribution in [2.45, 2.75) is 19.8 Å². The number of hydrogen-bond acceptors (Lipinski definition) is 5. The van der Waals surface area contributed by atoms with E-state index >= 15 is 0 Å². The third kappa shape index (κ3) is 3.93. The van der Waals surface area contributed by atoms with Crippen LogP contribution in [0.2, 0.25) is 0 Å². The van der Waals surface area contributed by atoms with Crippen molar-refractivity contribution in [3.05, 3.63) is 23.9 Å². The number of carbonyl (C=O) groups is 1. The molecule has 2 rings (SSSR count). The topological polar surface area (TPSA) is 54.5 Å². The van der Waals surface area contributed by atoms with E-state index in [0.29, 0.717) is 11.4 Å². The van der Waals surface area contributed by atoms with E-state index < -0.39 is 0 Å². The first-order valence-electron chi connectivity index (χ1n) is 7.20. The third-order valence-electron chi connectivity index (χ3n) is 3.81. The summed E-state index contributed by atoms with van der Waals surface area (Å²) in [4.78, 5) is 18.3.